The van der Waals surface area contributed by atoms with Crippen molar-refractivity contribution in [3.8, 4) is 17.2 Å². The normalized spacial score (nSPS) is 11.3. The summed E-state index contributed by atoms with van der Waals surface area (Å²) in [7, 11) is 8.64. The van der Waals surface area contributed by atoms with Crippen LogP contribution < -0.4 is 19.1 Å². The second-order valence-electron chi connectivity index (χ2n) is 7.05. The van der Waals surface area contributed by atoms with E-state index in [1.54, 1.807) is 50.5 Å². The minimum absolute atomic E-state index is 0.144. The maximum Gasteiger partial charge on any atom is 0.252 e. The number of nitrogens with zero attached hydrogens (tertiary/aromatic N) is 3. The molecule has 0 aliphatic heterocycles. The number of methoxy groups -OCH3 is 3. The molecule has 3 rings (SSSR count). The number of likely N-dealkylation sites (N-methyl/N-ethyl adjacent to an activating group) is 1. The Labute approximate surface area is 186 Å². The predicted molar refractivity (Wildman–Crippen MR) is 126 cm³/mol. The average Bonchev–Trinajstić information content (AvgIpc) is 3.20. The van der Waals surface area contributed by atoms with Crippen LogP contribution in [0.15, 0.2) is 42.5 Å². The van der Waals surface area contributed by atoms with Crippen LogP contribution in [0.4, 0.5) is 5.13 Å². The third-order valence-electron chi connectivity index (χ3n) is 4.66. The molecule has 0 fully saturated rings. The number of hydrogen-bond donors (Lipinski definition) is 0. The lowest BCUT2D eigenvalue weighted by Gasteiger charge is -2.20. The molecule has 0 saturated heterocycles. The van der Waals surface area contributed by atoms with E-state index in [-0.39, 0.29) is 5.91 Å². The SMILES string of the molecule is COc1cc(/C=C/C(=O)N(CCN(C)C)c2nc3ccccc3s2)cc(OC)c1OC. The number of thiazole rings is 1. The topological polar surface area (TPSA) is 64.1 Å². The lowest BCUT2D eigenvalue weighted by Crippen LogP contribution is -2.35. The molecular weight excluding hydrogens is 414 g/mol. The van der Waals surface area contributed by atoms with Crippen LogP contribution in [0, 0.1) is 0 Å². The zero-order valence-electron chi connectivity index (χ0n) is 18.4. The van der Waals surface area contributed by atoms with Gasteiger partial charge < -0.3 is 19.1 Å². The highest BCUT2D eigenvalue weighted by Crippen LogP contribution is 2.38. The van der Waals surface area contributed by atoms with Gasteiger partial charge in [0.25, 0.3) is 5.91 Å². The zero-order valence-corrected chi connectivity index (χ0v) is 19.2. The predicted octanol–water partition coefficient (Wildman–Crippen LogP) is 3.93. The summed E-state index contributed by atoms with van der Waals surface area (Å²) in [6.07, 6.45) is 3.28. The molecule has 7 nitrogen and oxygen atoms in total. The van der Waals surface area contributed by atoms with Crippen LogP contribution in [0.5, 0.6) is 17.2 Å². The number of amides is 1. The van der Waals surface area contributed by atoms with Gasteiger partial charge in [0, 0.05) is 19.2 Å². The van der Waals surface area contributed by atoms with Gasteiger partial charge in [-0.2, -0.15) is 0 Å². The van der Waals surface area contributed by atoms with Crippen LogP contribution in [0.3, 0.4) is 0 Å². The van der Waals surface area contributed by atoms with Gasteiger partial charge in [0.2, 0.25) is 5.75 Å². The number of ether oxygens (including phenoxy) is 3. The van der Waals surface area contributed by atoms with E-state index in [4.69, 9.17) is 14.2 Å². The number of hydrogen-bond acceptors (Lipinski definition) is 7. The summed E-state index contributed by atoms with van der Waals surface area (Å²) in [6.45, 7) is 1.25. The highest BCUT2D eigenvalue weighted by atomic mass is 32.1. The molecule has 0 aliphatic rings. The Bertz CT molecular complexity index is 1020. The summed E-state index contributed by atoms with van der Waals surface area (Å²) < 4.78 is 17.2. The Hall–Kier alpha value is -3.10. The number of benzene rings is 2. The van der Waals surface area contributed by atoms with Gasteiger partial charge in [-0.05, 0) is 50.0 Å². The molecule has 164 valence electrons. The smallest absolute Gasteiger partial charge is 0.252 e. The number of fused-ring (bicyclic) bond motifs is 1. The number of anilines is 1. The van der Waals surface area contributed by atoms with Crippen molar-refractivity contribution < 1.29 is 19.0 Å². The first kappa shape index (κ1) is 22.6. The van der Waals surface area contributed by atoms with Crippen LogP contribution in [0.25, 0.3) is 16.3 Å². The van der Waals surface area contributed by atoms with Crippen molar-refractivity contribution in [2.45, 2.75) is 0 Å². The van der Waals surface area contributed by atoms with E-state index < -0.39 is 0 Å². The first-order chi connectivity index (χ1) is 15.0. The van der Waals surface area contributed by atoms with Gasteiger partial charge >= 0.3 is 0 Å². The Balaban J connectivity index is 1.90. The molecule has 8 heteroatoms. The molecular formula is C23H27N3O4S. The first-order valence-electron chi connectivity index (χ1n) is 9.76. The summed E-state index contributed by atoms with van der Waals surface area (Å²) in [5.41, 5.74) is 1.65. The molecule has 0 N–H and O–H groups in total. The molecule has 0 bridgehead atoms. The highest BCUT2D eigenvalue weighted by molar-refractivity contribution is 7.22. The van der Waals surface area contributed by atoms with E-state index in [1.165, 1.54) is 11.3 Å². The molecule has 2 aromatic carbocycles. The molecule has 1 heterocycles. The molecule has 0 spiro atoms. The minimum Gasteiger partial charge on any atom is -0.493 e. The van der Waals surface area contributed by atoms with Gasteiger partial charge in [-0.25, -0.2) is 4.98 Å². The summed E-state index contributed by atoms with van der Waals surface area (Å²) in [6, 6.07) is 11.5. The Morgan fingerprint density at radius 2 is 1.71 bits per heavy atom. The minimum atomic E-state index is -0.144. The number of carbonyl (C=O) groups is 1. The van der Waals surface area contributed by atoms with Crippen molar-refractivity contribution in [3.63, 3.8) is 0 Å². The highest BCUT2D eigenvalue weighted by Gasteiger charge is 2.18. The zero-order chi connectivity index (χ0) is 22.4. The van der Waals surface area contributed by atoms with Gasteiger partial charge in [0.05, 0.1) is 31.5 Å². The van der Waals surface area contributed by atoms with Crippen LogP contribution >= 0.6 is 11.3 Å². The Morgan fingerprint density at radius 3 is 2.29 bits per heavy atom. The summed E-state index contributed by atoms with van der Waals surface area (Å²) >= 11 is 1.51. The van der Waals surface area contributed by atoms with E-state index in [0.717, 1.165) is 22.3 Å². The molecule has 3 aromatic rings. The largest absolute Gasteiger partial charge is 0.493 e. The van der Waals surface area contributed by atoms with Crippen molar-refractivity contribution in [2.75, 3.05) is 53.4 Å². The van der Waals surface area contributed by atoms with Crippen LogP contribution in [0.2, 0.25) is 0 Å². The first-order valence-corrected chi connectivity index (χ1v) is 10.6. The Morgan fingerprint density at radius 1 is 1.03 bits per heavy atom. The fourth-order valence-corrected chi connectivity index (χ4v) is 4.03. The van der Waals surface area contributed by atoms with E-state index in [9.17, 15) is 4.79 Å². The van der Waals surface area contributed by atoms with E-state index >= 15 is 0 Å². The second-order valence-corrected chi connectivity index (χ2v) is 8.06. The average molecular weight is 442 g/mol. The standard InChI is InChI=1S/C23H27N3O4S/c1-25(2)12-13-26(23-24-17-8-6-7-9-20(17)31-23)21(27)11-10-16-14-18(28-3)22(30-5)19(15-16)29-4/h6-11,14-15H,12-13H2,1-5H3/b11-10+. The van der Waals surface area contributed by atoms with Crippen molar-refractivity contribution >= 4 is 38.7 Å². The molecule has 0 radical (unpaired) electrons. The lowest BCUT2D eigenvalue weighted by atomic mass is 10.1. The second kappa shape index (κ2) is 10.3. The fourth-order valence-electron chi connectivity index (χ4n) is 3.03. The van der Waals surface area contributed by atoms with Gasteiger partial charge in [0.1, 0.15) is 0 Å². The third kappa shape index (κ3) is 5.34. The van der Waals surface area contributed by atoms with Crippen molar-refractivity contribution in [1.29, 1.82) is 0 Å². The van der Waals surface area contributed by atoms with Crippen molar-refractivity contribution in [2.24, 2.45) is 0 Å². The summed E-state index contributed by atoms with van der Waals surface area (Å²) in [5.74, 6) is 1.43. The molecule has 0 unspecified atom stereocenters. The lowest BCUT2D eigenvalue weighted by molar-refractivity contribution is -0.114. The number of para-hydroxylation sites is 1. The van der Waals surface area contributed by atoms with E-state index in [2.05, 4.69) is 4.98 Å². The molecule has 0 saturated carbocycles. The fraction of sp³-hybridized carbons (Fsp3) is 0.304. The maximum absolute atomic E-state index is 13.1. The van der Waals surface area contributed by atoms with E-state index in [0.29, 0.717) is 28.9 Å². The van der Waals surface area contributed by atoms with Gasteiger partial charge in [-0.15, -0.1) is 0 Å². The maximum atomic E-state index is 13.1. The Kier molecular flexibility index (Phi) is 7.49. The van der Waals surface area contributed by atoms with Gasteiger partial charge in [-0.1, -0.05) is 23.5 Å². The van der Waals surface area contributed by atoms with Gasteiger partial charge in [0.15, 0.2) is 16.6 Å². The number of aromatic nitrogens is 1. The molecule has 31 heavy (non-hydrogen) atoms. The number of carbonyl (C=O) groups excluding carboxylic acids is 1. The summed E-state index contributed by atoms with van der Waals surface area (Å²) in [4.78, 5) is 21.5. The molecule has 0 atom stereocenters. The van der Waals surface area contributed by atoms with Crippen molar-refractivity contribution in [3.05, 3.63) is 48.0 Å². The third-order valence-corrected chi connectivity index (χ3v) is 5.72. The molecule has 0 aliphatic carbocycles. The van der Waals surface area contributed by atoms with Crippen LogP contribution in [-0.2, 0) is 4.79 Å². The van der Waals surface area contributed by atoms with E-state index in [1.807, 2.05) is 43.3 Å². The monoisotopic (exact) mass is 441 g/mol. The molecule has 1 amide bonds. The molecule has 1 aromatic heterocycles. The van der Waals surface area contributed by atoms with Crippen molar-refractivity contribution in [1.82, 2.24) is 9.88 Å². The number of rotatable bonds is 9. The van der Waals surface area contributed by atoms with Gasteiger partial charge in [-0.3, -0.25) is 9.69 Å². The summed E-state index contributed by atoms with van der Waals surface area (Å²) in [5, 5.41) is 0.683. The van der Waals surface area contributed by atoms with Crippen LogP contribution in [-0.4, -0.2) is 64.3 Å². The quantitative estimate of drug-likeness (QED) is 0.469. The van der Waals surface area contributed by atoms with Crippen LogP contribution in [0.1, 0.15) is 5.56 Å².